The second-order valence-corrected chi connectivity index (χ2v) is 3.75. The third-order valence-electron chi connectivity index (χ3n) is 2.48. The molecule has 1 unspecified atom stereocenters. The molecule has 0 aliphatic rings. The molecule has 5 nitrogen and oxygen atoms in total. The van der Waals surface area contributed by atoms with Crippen LogP contribution in [0.2, 0.25) is 0 Å². The number of primary amides is 1. The number of rotatable bonds is 4. The van der Waals surface area contributed by atoms with Crippen molar-refractivity contribution in [2.75, 3.05) is 0 Å². The predicted molar refractivity (Wildman–Crippen MR) is 67.6 cm³/mol. The van der Waals surface area contributed by atoms with E-state index in [4.69, 9.17) is 22.3 Å². The summed E-state index contributed by atoms with van der Waals surface area (Å²) in [6.45, 7) is 1.75. The number of hydrogen-bond acceptors (Lipinski definition) is 4. The number of carbonyl (C=O) groups is 1. The van der Waals surface area contributed by atoms with Crippen LogP contribution in [0.5, 0.6) is 5.75 Å². The molecule has 18 heavy (non-hydrogen) atoms. The number of aryl methyl sites for hydroxylation is 1. The highest BCUT2D eigenvalue weighted by molar-refractivity contribution is 5.81. The van der Waals surface area contributed by atoms with Gasteiger partial charge in [0.05, 0.1) is 6.42 Å². The lowest BCUT2D eigenvalue weighted by Gasteiger charge is -2.18. The number of hydrogen-bond donors (Lipinski definition) is 3. The third kappa shape index (κ3) is 3.01. The standard InChI is InChI=1S/C13H14N2O3/c1-3-4-12(18-13(15)17)10-6-9(7-14)11(16)5-8(10)2/h1,5-7,12,14,16H,4H2,2H3,(H2,15,17). The summed E-state index contributed by atoms with van der Waals surface area (Å²) in [7, 11) is 0. The van der Waals surface area contributed by atoms with Crippen molar-refractivity contribution in [3.63, 3.8) is 0 Å². The van der Waals surface area contributed by atoms with Gasteiger partial charge in [-0.3, -0.25) is 0 Å². The quantitative estimate of drug-likeness (QED) is 0.558. The summed E-state index contributed by atoms with van der Waals surface area (Å²) in [5, 5.41) is 16.8. The lowest BCUT2D eigenvalue weighted by Crippen LogP contribution is -2.18. The maximum atomic E-state index is 10.8. The molecule has 4 N–H and O–H groups in total. The van der Waals surface area contributed by atoms with Gasteiger partial charge in [0.25, 0.3) is 0 Å². The van der Waals surface area contributed by atoms with Crippen LogP contribution in [-0.2, 0) is 4.74 Å². The Morgan fingerprint density at radius 3 is 2.89 bits per heavy atom. The molecule has 0 aliphatic carbocycles. The fourth-order valence-electron chi connectivity index (χ4n) is 1.65. The minimum absolute atomic E-state index is 0.00946. The van der Waals surface area contributed by atoms with Crippen LogP contribution in [0.1, 0.15) is 29.2 Å². The Hall–Kier alpha value is -2.48. The van der Waals surface area contributed by atoms with Crippen LogP contribution in [0.15, 0.2) is 12.1 Å². The number of benzene rings is 1. The fraction of sp³-hybridized carbons (Fsp3) is 0.231. The number of terminal acetylenes is 1. The molecule has 0 saturated carbocycles. The average molecular weight is 246 g/mol. The summed E-state index contributed by atoms with van der Waals surface area (Å²) in [6.07, 6.45) is 4.81. The summed E-state index contributed by atoms with van der Waals surface area (Å²) >= 11 is 0. The number of phenols is 1. The molecule has 1 rings (SSSR count). The molecule has 1 aromatic rings. The third-order valence-corrected chi connectivity index (χ3v) is 2.48. The van der Waals surface area contributed by atoms with E-state index >= 15 is 0 Å². The summed E-state index contributed by atoms with van der Waals surface area (Å²) in [5.74, 6) is 2.39. The monoisotopic (exact) mass is 246 g/mol. The van der Waals surface area contributed by atoms with Crippen molar-refractivity contribution in [3.8, 4) is 18.1 Å². The number of carbonyl (C=O) groups excluding carboxylic acids is 1. The van der Waals surface area contributed by atoms with Crippen molar-refractivity contribution in [1.29, 1.82) is 5.41 Å². The van der Waals surface area contributed by atoms with Gasteiger partial charge in [-0.25, -0.2) is 4.79 Å². The van der Waals surface area contributed by atoms with Gasteiger partial charge in [-0.1, -0.05) is 0 Å². The molecule has 0 heterocycles. The number of phenolic OH excluding ortho intramolecular Hbond substituents is 1. The first kappa shape index (κ1) is 13.6. The smallest absolute Gasteiger partial charge is 0.405 e. The molecule has 0 spiro atoms. The van der Waals surface area contributed by atoms with Crippen molar-refractivity contribution >= 4 is 12.3 Å². The van der Waals surface area contributed by atoms with E-state index in [2.05, 4.69) is 5.92 Å². The normalized spacial score (nSPS) is 11.3. The molecular formula is C13H14N2O3. The van der Waals surface area contributed by atoms with Crippen LogP contribution in [0, 0.1) is 24.7 Å². The highest BCUT2D eigenvalue weighted by Crippen LogP contribution is 2.29. The van der Waals surface area contributed by atoms with Crippen molar-refractivity contribution in [2.45, 2.75) is 19.4 Å². The Bertz CT molecular complexity index is 518. The average Bonchev–Trinajstić information content (AvgIpc) is 2.28. The SMILES string of the molecule is C#CCC(OC(N)=O)c1cc(C=N)c(O)cc1C. The molecule has 0 radical (unpaired) electrons. The lowest BCUT2D eigenvalue weighted by atomic mass is 9.98. The zero-order chi connectivity index (χ0) is 13.7. The fourth-order valence-corrected chi connectivity index (χ4v) is 1.65. The molecule has 0 fully saturated rings. The first-order valence-corrected chi connectivity index (χ1v) is 5.23. The van der Waals surface area contributed by atoms with E-state index in [9.17, 15) is 9.90 Å². The summed E-state index contributed by atoms with van der Waals surface area (Å²) < 4.78 is 4.94. The van der Waals surface area contributed by atoms with Crippen LogP contribution in [-0.4, -0.2) is 17.4 Å². The Morgan fingerprint density at radius 1 is 1.72 bits per heavy atom. The Balaban J connectivity index is 3.23. The minimum atomic E-state index is -0.917. The van der Waals surface area contributed by atoms with Crippen LogP contribution in [0.3, 0.4) is 0 Å². The molecular weight excluding hydrogens is 232 g/mol. The van der Waals surface area contributed by atoms with Gasteiger partial charge in [0.15, 0.2) is 0 Å². The molecule has 94 valence electrons. The van der Waals surface area contributed by atoms with Gasteiger partial charge in [-0.15, -0.1) is 12.3 Å². The molecule has 0 aromatic heterocycles. The van der Waals surface area contributed by atoms with Crippen molar-refractivity contribution < 1.29 is 14.6 Å². The first-order valence-electron chi connectivity index (χ1n) is 5.23. The van der Waals surface area contributed by atoms with Gasteiger partial charge >= 0.3 is 6.09 Å². The summed E-state index contributed by atoms with van der Waals surface area (Å²) in [4.78, 5) is 10.8. The number of nitrogens with two attached hydrogens (primary N) is 1. The second kappa shape index (κ2) is 5.73. The minimum Gasteiger partial charge on any atom is -0.507 e. The van der Waals surface area contributed by atoms with Crippen LogP contribution in [0.25, 0.3) is 0 Å². The van der Waals surface area contributed by atoms with Crippen molar-refractivity contribution in [3.05, 3.63) is 28.8 Å². The van der Waals surface area contributed by atoms with Gasteiger partial charge in [-0.05, 0) is 30.2 Å². The number of nitrogens with one attached hydrogen (secondary N) is 1. The lowest BCUT2D eigenvalue weighted by molar-refractivity contribution is 0.109. The maximum Gasteiger partial charge on any atom is 0.405 e. The Morgan fingerprint density at radius 2 is 2.39 bits per heavy atom. The van der Waals surface area contributed by atoms with E-state index in [-0.39, 0.29) is 12.2 Å². The molecule has 0 saturated heterocycles. The molecule has 0 aliphatic heterocycles. The zero-order valence-electron chi connectivity index (χ0n) is 9.93. The zero-order valence-corrected chi connectivity index (χ0v) is 9.93. The predicted octanol–water partition coefficient (Wildman–Crippen LogP) is 1.86. The molecule has 0 bridgehead atoms. The van der Waals surface area contributed by atoms with Crippen LogP contribution >= 0.6 is 0 Å². The Labute approximate surface area is 105 Å². The van der Waals surface area contributed by atoms with Gasteiger partial charge in [0.1, 0.15) is 11.9 Å². The maximum absolute atomic E-state index is 10.8. The van der Waals surface area contributed by atoms with Gasteiger partial charge in [0, 0.05) is 11.8 Å². The highest BCUT2D eigenvalue weighted by Gasteiger charge is 2.18. The highest BCUT2D eigenvalue weighted by atomic mass is 16.6. The Kier molecular flexibility index (Phi) is 4.33. The summed E-state index contributed by atoms with van der Waals surface area (Å²) in [5.41, 5.74) is 6.65. The molecule has 1 amide bonds. The molecule has 1 atom stereocenters. The van der Waals surface area contributed by atoms with Crippen LogP contribution < -0.4 is 5.73 Å². The number of ether oxygens (including phenoxy) is 1. The topological polar surface area (TPSA) is 96.4 Å². The second-order valence-electron chi connectivity index (χ2n) is 3.75. The molecule has 1 aromatic carbocycles. The van der Waals surface area contributed by atoms with Crippen molar-refractivity contribution in [2.24, 2.45) is 5.73 Å². The van der Waals surface area contributed by atoms with Gasteiger partial charge in [-0.2, -0.15) is 0 Å². The van der Waals surface area contributed by atoms with Crippen molar-refractivity contribution in [1.82, 2.24) is 0 Å². The van der Waals surface area contributed by atoms with E-state index in [1.54, 1.807) is 13.0 Å². The van der Waals surface area contributed by atoms with E-state index in [1.165, 1.54) is 6.07 Å². The van der Waals surface area contributed by atoms with Crippen LogP contribution in [0.4, 0.5) is 4.79 Å². The summed E-state index contributed by atoms with van der Waals surface area (Å²) in [6, 6.07) is 3.05. The first-order chi connectivity index (χ1) is 8.49. The van der Waals surface area contributed by atoms with Gasteiger partial charge in [0.2, 0.25) is 0 Å². The number of amides is 1. The van der Waals surface area contributed by atoms with E-state index in [0.717, 1.165) is 6.21 Å². The van der Waals surface area contributed by atoms with E-state index in [1.807, 2.05) is 0 Å². The number of aromatic hydroxyl groups is 1. The van der Waals surface area contributed by atoms with Gasteiger partial charge < -0.3 is 21.0 Å². The van der Waals surface area contributed by atoms with E-state index < -0.39 is 12.2 Å². The molecule has 5 heteroatoms. The largest absolute Gasteiger partial charge is 0.507 e. The van der Waals surface area contributed by atoms with E-state index in [0.29, 0.717) is 16.7 Å².